The quantitative estimate of drug-likeness (QED) is 0.606. The maximum absolute atomic E-state index is 12.2. The monoisotopic (exact) mass is 439 g/mol. The number of aliphatic carboxylic acids is 1. The first-order valence-electron chi connectivity index (χ1n) is 10.9. The van der Waals surface area contributed by atoms with E-state index in [1.165, 1.54) is 7.11 Å². The van der Waals surface area contributed by atoms with Gasteiger partial charge in [0.15, 0.2) is 11.5 Å². The summed E-state index contributed by atoms with van der Waals surface area (Å²) in [4.78, 5) is 24.4. The van der Waals surface area contributed by atoms with Gasteiger partial charge in [-0.05, 0) is 54.5 Å². The van der Waals surface area contributed by atoms with E-state index in [-0.39, 0.29) is 11.8 Å². The zero-order valence-corrected chi connectivity index (χ0v) is 18.9. The fourth-order valence-electron chi connectivity index (χ4n) is 4.50. The molecule has 1 amide bonds. The number of hydrogen-bond acceptors (Lipinski definition) is 5. The van der Waals surface area contributed by atoms with Gasteiger partial charge in [0.05, 0.1) is 14.2 Å². The minimum atomic E-state index is -0.897. The minimum absolute atomic E-state index is 0.106. The molecule has 0 aromatic heterocycles. The molecule has 2 aromatic rings. The normalized spacial score (nSPS) is 16.8. The van der Waals surface area contributed by atoms with Crippen LogP contribution in [0.5, 0.6) is 17.2 Å². The molecule has 32 heavy (non-hydrogen) atoms. The van der Waals surface area contributed by atoms with Gasteiger partial charge in [0.1, 0.15) is 11.5 Å². The summed E-state index contributed by atoms with van der Waals surface area (Å²) in [6.45, 7) is 4.53. The highest BCUT2D eigenvalue weighted by Gasteiger charge is 2.58. The molecule has 0 spiro atoms. The average Bonchev–Trinajstić information content (AvgIpc) is 3.50. The molecule has 0 bridgehead atoms. The number of carboxylic acid groups (broad SMARTS) is 1. The molecule has 0 radical (unpaired) electrons. The minimum Gasteiger partial charge on any atom is -0.493 e. The predicted octanol–water partition coefficient (Wildman–Crippen LogP) is 4.27. The number of amides is 1. The Morgan fingerprint density at radius 1 is 1.06 bits per heavy atom. The van der Waals surface area contributed by atoms with Crippen molar-refractivity contribution in [3.63, 3.8) is 0 Å². The Morgan fingerprint density at radius 3 is 2.38 bits per heavy atom. The van der Waals surface area contributed by atoms with Gasteiger partial charge in [-0.1, -0.05) is 26.0 Å². The zero-order chi connectivity index (χ0) is 23.0. The highest BCUT2D eigenvalue weighted by Crippen LogP contribution is 2.54. The number of carbonyl (C=O) groups excluding carboxylic acids is 1. The molecular weight excluding hydrogens is 410 g/mol. The van der Waals surface area contributed by atoms with Gasteiger partial charge >= 0.3 is 5.97 Å². The number of methoxy groups -OCH3 is 2. The second kappa shape index (κ2) is 8.37. The lowest BCUT2D eigenvalue weighted by atomic mass is 9.91. The van der Waals surface area contributed by atoms with Crippen molar-refractivity contribution in [1.29, 1.82) is 0 Å². The maximum atomic E-state index is 12.2. The second-order valence-electron chi connectivity index (χ2n) is 8.89. The van der Waals surface area contributed by atoms with Crippen molar-refractivity contribution in [2.24, 2.45) is 11.3 Å². The SMILES string of the molecule is COc1ccc(-c2cccc3c2CNC3=O)c(OC(CC(C)C)C2(C(=O)O)CC2)c1OC. The van der Waals surface area contributed by atoms with Crippen LogP contribution >= 0.6 is 0 Å². The van der Waals surface area contributed by atoms with E-state index in [9.17, 15) is 14.7 Å². The predicted molar refractivity (Wildman–Crippen MR) is 119 cm³/mol. The van der Waals surface area contributed by atoms with E-state index in [4.69, 9.17) is 14.2 Å². The van der Waals surface area contributed by atoms with E-state index in [2.05, 4.69) is 19.2 Å². The first-order valence-corrected chi connectivity index (χ1v) is 10.9. The first-order chi connectivity index (χ1) is 15.3. The Hall–Kier alpha value is -3.22. The van der Waals surface area contributed by atoms with Crippen molar-refractivity contribution < 1.29 is 28.9 Å². The van der Waals surface area contributed by atoms with Crippen LogP contribution in [0.4, 0.5) is 0 Å². The Labute approximate surface area is 187 Å². The van der Waals surface area contributed by atoms with Crippen LogP contribution in [0.25, 0.3) is 11.1 Å². The molecule has 1 aliphatic carbocycles. The fraction of sp³-hybridized carbons (Fsp3) is 0.440. The van der Waals surface area contributed by atoms with Crippen LogP contribution in [0.1, 0.15) is 49.0 Å². The Bertz CT molecular complexity index is 1060. The van der Waals surface area contributed by atoms with Crippen LogP contribution in [0, 0.1) is 11.3 Å². The third-order valence-corrected chi connectivity index (χ3v) is 6.41. The number of ether oxygens (including phenoxy) is 3. The van der Waals surface area contributed by atoms with E-state index in [1.807, 2.05) is 18.2 Å². The lowest BCUT2D eigenvalue weighted by molar-refractivity contribution is -0.147. The molecule has 1 heterocycles. The van der Waals surface area contributed by atoms with Crippen LogP contribution in [-0.4, -0.2) is 37.3 Å². The number of benzene rings is 2. The van der Waals surface area contributed by atoms with Crippen molar-refractivity contribution in [1.82, 2.24) is 5.32 Å². The fourth-order valence-corrected chi connectivity index (χ4v) is 4.50. The summed E-state index contributed by atoms with van der Waals surface area (Å²) in [5.74, 6) is 0.663. The topological polar surface area (TPSA) is 94.1 Å². The van der Waals surface area contributed by atoms with E-state index in [0.29, 0.717) is 48.6 Å². The van der Waals surface area contributed by atoms with E-state index in [0.717, 1.165) is 16.7 Å². The van der Waals surface area contributed by atoms with Crippen molar-refractivity contribution in [3.05, 3.63) is 41.5 Å². The first kappa shape index (κ1) is 22.0. The zero-order valence-electron chi connectivity index (χ0n) is 18.9. The largest absolute Gasteiger partial charge is 0.493 e. The van der Waals surface area contributed by atoms with Gasteiger partial charge in [0.2, 0.25) is 5.75 Å². The Balaban J connectivity index is 1.87. The molecule has 1 saturated carbocycles. The molecule has 7 nitrogen and oxygen atoms in total. The van der Waals surface area contributed by atoms with Crippen molar-refractivity contribution in [2.45, 2.75) is 45.8 Å². The molecule has 2 aliphatic rings. The summed E-state index contributed by atoms with van der Waals surface area (Å²) in [5.41, 5.74) is 2.21. The molecule has 0 saturated heterocycles. The summed E-state index contributed by atoms with van der Waals surface area (Å²) in [6.07, 6.45) is 1.25. The third kappa shape index (κ3) is 3.66. The van der Waals surface area contributed by atoms with Crippen LogP contribution in [0.3, 0.4) is 0 Å². The molecule has 170 valence electrons. The number of carboxylic acids is 1. The molecule has 7 heteroatoms. The highest BCUT2D eigenvalue weighted by atomic mass is 16.5. The lowest BCUT2D eigenvalue weighted by Crippen LogP contribution is -2.36. The van der Waals surface area contributed by atoms with Gasteiger partial charge in [0, 0.05) is 17.7 Å². The van der Waals surface area contributed by atoms with Crippen LogP contribution in [-0.2, 0) is 11.3 Å². The molecule has 2 aromatic carbocycles. The standard InChI is InChI=1S/C25H29NO6/c1-14(2)12-20(25(10-11-25)24(28)29)32-21-16(8-9-19(30-3)22(21)31-4)15-6-5-7-17-18(15)13-26-23(17)27/h5-9,14,20H,10-13H2,1-4H3,(H,26,27)(H,28,29). The molecule has 4 rings (SSSR count). The summed E-state index contributed by atoms with van der Waals surface area (Å²) in [5, 5.41) is 12.8. The van der Waals surface area contributed by atoms with Crippen LogP contribution < -0.4 is 19.5 Å². The summed E-state index contributed by atoms with van der Waals surface area (Å²) < 4.78 is 17.7. The molecule has 1 aliphatic heterocycles. The summed E-state index contributed by atoms with van der Waals surface area (Å²) in [6, 6.07) is 9.25. The Morgan fingerprint density at radius 2 is 1.78 bits per heavy atom. The van der Waals surface area contributed by atoms with Crippen molar-refractivity contribution in [2.75, 3.05) is 14.2 Å². The highest BCUT2D eigenvalue weighted by molar-refractivity contribution is 6.01. The molecule has 1 unspecified atom stereocenters. The van der Waals surface area contributed by atoms with E-state index < -0.39 is 17.5 Å². The van der Waals surface area contributed by atoms with E-state index in [1.54, 1.807) is 19.2 Å². The van der Waals surface area contributed by atoms with Gasteiger partial charge in [-0.3, -0.25) is 9.59 Å². The third-order valence-electron chi connectivity index (χ3n) is 6.41. The maximum Gasteiger partial charge on any atom is 0.313 e. The number of hydrogen-bond donors (Lipinski definition) is 2. The van der Waals surface area contributed by atoms with Gasteiger partial charge < -0.3 is 24.6 Å². The van der Waals surface area contributed by atoms with E-state index >= 15 is 0 Å². The van der Waals surface area contributed by atoms with Gasteiger partial charge in [-0.2, -0.15) is 0 Å². The number of rotatable bonds is 9. The van der Waals surface area contributed by atoms with Gasteiger partial charge in [-0.15, -0.1) is 0 Å². The molecule has 1 atom stereocenters. The van der Waals surface area contributed by atoms with Crippen LogP contribution in [0.2, 0.25) is 0 Å². The number of nitrogens with one attached hydrogen (secondary N) is 1. The average molecular weight is 440 g/mol. The number of carbonyl (C=O) groups is 2. The van der Waals surface area contributed by atoms with Crippen molar-refractivity contribution in [3.8, 4) is 28.4 Å². The van der Waals surface area contributed by atoms with Gasteiger partial charge in [0.25, 0.3) is 5.91 Å². The lowest BCUT2D eigenvalue weighted by Gasteiger charge is -2.29. The number of fused-ring (bicyclic) bond motifs is 1. The Kier molecular flexibility index (Phi) is 5.75. The molecule has 1 fully saturated rings. The molecule has 2 N–H and O–H groups in total. The second-order valence-corrected chi connectivity index (χ2v) is 8.89. The summed E-state index contributed by atoms with van der Waals surface area (Å²) >= 11 is 0. The smallest absolute Gasteiger partial charge is 0.313 e. The van der Waals surface area contributed by atoms with Crippen LogP contribution in [0.15, 0.2) is 30.3 Å². The van der Waals surface area contributed by atoms with Gasteiger partial charge in [-0.25, -0.2) is 0 Å². The molecular formula is C25H29NO6. The summed E-state index contributed by atoms with van der Waals surface area (Å²) in [7, 11) is 3.09. The van der Waals surface area contributed by atoms with Crippen molar-refractivity contribution >= 4 is 11.9 Å².